The molecular formula is C15H24N6O. The van der Waals surface area contributed by atoms with E-state index >= 15 is 0 Å². The number of rotatable bonds is 7. The van der Waals surface area contributed by atoms with Gasteiger partial charge in [-0.05, 0) is 13.3 Å². The van der Waals surface area contributed by atoms with Crippen LogP contribution >= 0.6 is 0 Å². The summed E-state index contributed by atoms with van der Waals surface area (Å²) >= 11 is 0. The first-order valence-electron chi connectivity index (χ1n) is 7.63. The molecule has 7 heteroatoms. The van der Waals surface area contributed by atoms with Gasteiger partial charge in [-0.15, -0.1) is 0 Å². The Labute approximate surface area is 131 Å². The lowest BCUT2D eigenvalue weighted by molar-refractivity contribution is 0.192. The average molecular weight is 304 g/mol. The quantitative estimate of drug-likeness (QED) is 0.847. The van der Waals surface area contributed by atoms with Crippen molar-refractivity contribution < 1.29 is 4.79 Å². The fraction of sp³-hybridized carbons (Fsp3) is 0.533. The Bertz CT molecular complexity index is 603. The van der Waals surface area contributed by atoms with E-state index in [1.807, 2.05) is 22.4 Å². The molecule has 2 aromatic rings. The number of imidazole rings is 2. The molecule has 22 heavy (non-hydrogen) atoms. The fourth-order valence-corrected chi connectivity index (χ4v) is 2.30. The van der Waals surface area contributed by atoms with Gasteiger partial charge in [-0.2, -0.15) is 0 Å². The summed E-state index contributed by atoms with van der Waals surface area (Å²) in [5.41, 5.74) is 1.00. The van der Waals surface area contributed by atoms with Gasteiger partial charge in [0.05, 0.1) is 25.1 Å². The number of urea groups is 1. The van der Waals surface area contributed by atoms with Gasteiger partial charge in [-0.1, -0.05) is 6.92 Å². The highest BCUT2D eigenvalue weighted by atomic mass is 16.2. The number of aryl methyl sites for hydroxylation is 2. The Hall–Kier alpha value is -2.31. The lowest BCUT2D eigenvalue weighted by Crippen LogP contribution is -2.40. The largest absolute Gasteiger partial charge is 0.337 e. The minimum atomic E-state index is -0.0753. The summed E-state index contributed by atoms with van der Waals surface area (Å²) in [6.07, 6.45) is 8.10. The molecule has 0 bridgehead atoms. The van der Waals surface area contributed by atoms with Crippen molar-refractivity contribution in [3.63, 3.8) is 0 Å². The minimum absolute atomic E-state index is 0.0753. The number of hydrogen-bond acceptors (Lipinski definition) is 3. The molecule has 1 N–H and O–H groups in total. The zero-order chi connectivity index (χ0) is 15.9. The second-order valence-corrected chi connectivity index (χ2v) is 5.21. The maximum Gasteiger partial charge on any atom is 0.318 e. The highest BCUT2D eigenvalue weighted by Gasteiger charge is 2.15. The molecule has 0 radical (unpaired) electrons. The Balaban J connectivity index is 1.96. The van der Waals surface area contributed by atoms with Crippen molar-refractivity contribution in [1.82, 2.24) is 29.3 Å². The normalized spacial score (nSPS) is 10.7. The molecule has 0 unspecified atom stereocenters. The van der Waals surface area contributed by atoms with Crippen LogP contribution in [0.1, 0.15) is 31.8 Å². The number of nitrogens with one attached hydrogen (secondary N) is 1. The number of carbonyl (C=O) groups is 1. The monoisotopic (exact) mass is 304 g/mol. The minimum Gasteiger partial charge on any atom is -0.337 e. The van der Waals surface area contributed by atoms with E-state index in [1.165, 1.54) is 0 Å². The topological polar surface area (TPSA) is 68.0 Å². The van der Waals surface area contributed by atoms with Gasteiger partial charge < -0.3 is 19.4 Å². The molecule has 2 heterocycles. The number of nitrogens with zero attached hydrogens (tertiary/aromatic N) is 5. The number of carbonyl (C=O) groups excluding carboxylic acids is 1. The third kappa shape index (κ3) is 3.87. The summed E-state index contributed by atoms with van der Waals surface area (Å²) in [5, 5.41) is 2.97. The van der Waals surface area contributed by atoms with E-state index in [4.69, 9.17) is 0 Å². The van der Waals surface area contributed by atoms with Crippen LogP contribution in [-0.2, 0) is 26.7 Å². The smallest absolute Gasteiger partial charge is 0.318 e. The number of amides is 2. The van der Waals surface area contributed by atoms with Crippen LogP contribution in [0.3, 0.4) is 0 Å². The third-order valence-corrected chi connectivity index (χ3v) is 3.59. The maximum absolute atomic E-state index is 12.4. The van der Waals surface area contributed by atoms with Gasteiger partial charge >= 0.3 is 6.03 Å². The van der Waals surface area contributed by atoms with Crippen molar-refractivity contribution in [2.45, 2.75) is 39.9 Å². The van der Waals surface area contributed by atoms with Crippen LogP contribution in [0.4, 0.5) is 4.79 Å². The SMILES string of the molecule is CCCN(Cc1nccn1C)C(=O)NCc1cncn1CC. The fourth-order valence-electron chi connectivity index (χ4n) is 2.30. The molecule has 0 spiro atoms. The van der Waals surface area contributed by atoms with Crippen molar-refractivity contribution >= 4 is 6.03 Å². The lowest BCUT2D eigenvalue weighted by atomic mass is 10.4. The molecule has 2 amide bonds. The molecule has 120 valence electrons. The first kappa shape index (κ1) is 16.1. The first-order chi connectivity index (χ1) is 10.7. The first-order valence-corrected chi connectivity index (χ1v) is 7.63. The van der Waals surface area contributed by atoms with E-state index in [2.05, 4.69) is 29.1 Å². The molecule has 2 aromatic heterocycles. The Morgan fingerprint density at radius 1 is 1.41 bits per heavy atom. The van der Waals surface area contributed by atoms with Gasteiger partial charge in [0.1, 0.15) is 5.82 Å². The van der Waals surface area contributed by atoms with Crippen LogP contribution in [0, 0.1) is 0 Å². The molecule has 0 fully saturated rings. The second kappa shape index (κ2) is 7.63. The van der Waals surface area contributed by atoms with E-state index in [0.717, 1.165) is 24.5 Å². The lowest BCUT2D eigenvalue weighted by Gasteiger charge is -2.22. The summed E-state index contributed by atoms with van der Waals surface area (Å²) in [6, 6.07) is -0.0753. The number of hydrogen-bond donors (Lipinski definition) is 1. The summed E-state index contributed by atoms with van der Waals surface area (Å²) in [7, 11) is 1.93. The summed E-state index contributed by atoms with van der Waals surface area (Å²) in [4.78, 5) is 22.6. The summed E-state index contributed by atoms with van der Waals surface area (Å²) in [6.45, 7) is 6.65. The standard InChI is InChI=1S/C15H24N6O/c1-4-7-21(11-14-17-6-8-19(14)3)15(22)18-10-13-9-16-12-20(13)5-2/h6,8-9,12H,4-5,7,10-11H2,1-3H3,(H,18,22). The van der Waals surface area contributed by atoms with Gasteiger partial charge in [0, 0.05) is 38.7 Å². The molecule has 7 nitrogen and oxygen atoms in total. The zero-order valence-corrected chi connectivity index (χ0v) is 13.5. The van der Waals surface area contributed by atoms with Gasteiger partial charge in [0.25, 0.3) is 0 Å². The maximum atomic E-state index is 12.4. The van der Waals surface area contributed by atoms with Crippen LogP contribution in [0.25, 0.3) is 0 Å². The van der Waals surface area contributed by atoms with Crippen molar-refractivity contribution in [2.24, 2.45) is 7.05 Å². The molecule has 0 aliphatic carbocycles. The molecule has 0 aromatic carbocycles. The molecule has 0 aliphatic heterocycles. The van der Waals surface area contributed by atoms with Crippen molar-refractivity contribution in [1.29, 1.82) is 0 Å². The van der Waals surface area contributed by atoms with Crippen LogP contribution < -0.4 is 5.32 Å². The van der Waals surface area contributed by atoms with Crippen molar-refractivity contribution in [3.05, 3.63) is 36.4 Å². The predicted molar refractivity (Wildman–Crippen MR) is 84.0 cm³/mol. The summed E-state index contributed by atoms with van der Waals surface area (Å²) in [5.74, 6) is 0.877. The molecule has 0 atom stereocenters. The predicted octanol–water partition coefficient (Wildman–Crippen LogP) is 1.76. The van der Waals surface area contributed by atoms with Crippen LogP contribution in [0.15, 0.2) is 24.9 Å². The van der Waals surface area contributed by atoms with Crippen LogP contribution in [-0.4, -0.2) is 36.6 Å². The Morgan fingerprint density at radius 3 is 2.86 bits per heavy atom. The van der Waals surface area contributed by atoms with E-state index < -0.39 is 0 Å². The molecule has 0 aliphatic rings. The van der Waals surface area contributed by atoms with Gasteiger partial charge in [0.15, 0.2) is 0 Å². The van der Waals surface area contributed by atoms with E-state index in [0.29, 0.717) is 19.6 Å². The third-order valence-electron chi connectivity index (χ3n) is 3.59. The van der Waals surface area contributed by atoms with Gasteiger partial charge in [0.2, 0.25) is 0 Å². The molecule has 0 saturated heterocycles. The average Bonchev–Trinajstić information content (AvgIpc) is 3.13. The highest BCUT2D eigenvalue weighted by molar-refractivity contribution is 5.74. The Kier molecular flexibility index (Phi) is 5.57. The molecule has 2 rings (SSSR count). The highest BCUT2D eigenvalue weighted by Crippen LogP contribution is 2.04. The van der Waals surface area contributed by atoms with Gasteiger partial charge in [-0.3, -0.25) is 0 Å². The Morgan fingerprint density at radius 2 is 2.23 bits per heavy atom. The van der Waals surface area contributed by atoms with Gasteiger partial charge in [-0.25, -0.2) is 14.8 Å². The van der Waals surface area contributed by atoms with Crippen LogP contribution in [0.5, 0.6) is 0 Å². The van der Waals surface area contributed by atoms with Crippen molar-refractivity contribution in [3.8, 4) is 0 Å². The number of aromatic nitrogens is 4. The zero-order valence-electron chi connectivity index (χ0n) is 13.5. The van der Waals surface area contributed by atoms with Crippen LogP contribution in [0.2, 0.25) is 0 Å². The molecule has 0 saturated carbocycles. The van der Waals surface area contributed by atoms with E-state index in [9.17, 15) is 4.79 Å². The van der Waals surface area contributed by atoms with Crippen molar-refractivity contribution in [2.75, 3.05) is 6.54 Å². The summed E-state index contributed by atoms with van der Waals surface area (Å²) < 4.78 is 3.95. The van der Waals surface area contributed by atoms with E-state index in [-0.39, 0.29) is 6.03 Å². The second-order valence-electron chi connectivity index (χ2n) is 5.21. The molecular weight excluding hydrogens is 280 g/mol. The van der Waals surface area contributed by atoms with E-state index in [1.54, 1.807) is 23.6 Å².